The molecule has 2 amide bonds. The lowest BCUT2D eigenvalue weighted by Gasteiger charge is -2.23. The van der Waals surface area contributed by atoms with E-state index < -0.39 is 0 Å². The third-order valence-electron chi connectivity index (χ3n) is 4.03. The van der Waals surface area contributed by atoms with E-state index in [0.717, 1.165) is 0 Å². The molecule has 27 heavy (non-hydrogen) atoms. The Hall–Kier alpha value is -3.22. The summed E-state index contributed by atoms with van der Waals surface area (Å²) in [6.07, 6.45) is 0. The van der Waals surface area contributed by atoms with Gasteiger partial charge in [0.25, 0.3) is 5.91 Å². The number of methoxy groups -OCH3 is 3. The van der Waals surface area contributed by atoms with E-state index in [0.29, 0.717) is 35.0 Å². The minimum absolute atomic E-state index is 0.149. The maximum Gasteiger partial charge on any atom is 0.258 e. The highest BCUT2D eigenvalue weighted by molar-refractivity contribution is 6.00. The largest absolute Gasteiger partial charge is 0.496 e. The van der Waals surface area contributed by atoms with Crippen molar-refractivity contribution < 1.29 is 23.8 Å². The number of carbonyl (C=O) groups excluding carboxylic acids is 2. The number of ether oxygens (including phenoxy) is 3. The zero-order valence-corrected chi connectivity index (χ0v) is 15.9. The van der Waals surface area contributed by atoms with Crippen molar-refractivity contribution in [3.63, 3.8) is 0 Å². The molecule has 0 aliphatic rings. The average Bonchev–Trinajstić information content (AvgIpc) is 2.70. The molecule has 1 N–H and O–H groups in total. The Kier molecular flexibility index (Phi) is 7.05. The summed E-state index contributed by atoms with van der Waals surface area (Å²) in [5.41, 5.74) is 0.964. The Balaban J connectivity index is 2.12. The van der Waals surface area contributed by atoms with E-state index in [1.54, 1.807) is 42.3 Å². The van der Waals surface area contributed by atoms with Gasteiger partial charge in [0.2, 0.25) is 5.91 Å². The Morgan fingerprint density at radius 3 is 2.00 bits per heavy atom. The fraction of sp³-hybridized carbons (Fsp3) is 0.300. The van der Waals surface area contributed by atoms with Gasteiger partial charge in [-0.25, -0.2) is 0 Å². The molecule has 0 aliphatic heterocycles. The van der Waals surface area contributed by atoms with Gasteiger partial charge >= 0.3 is 0 Å². The predicted octanol–water partition coefficient (Wildman–Crippen LogP) is 2.50. The number of hydrogen-bond acceptors (Lipinski definition) is 5. The lowest BCUT2D eigenvalue weighted by Crippen LogP contribution is -2.38. The van der Waals surface area contributed by atoms with Crippen molar-refractivity contribution >= 4 is 17.5 Å². The first-order chi connectivity index (χ1) is 13.0. The van der Waals surface area contributed by atoms with Crippen molar-refractivity contribution in [2.45, 2.75) is 6.92 Å². The smallest absolute Gasteiger partial charge is 0.258 e. The fourth-order valence-electron chi connectivity index (χ4n) is 2.74. The summed E-state index contributed by atoms with van der Waals surface area (Å²) in [5, 5.41) is 2.81. The molecule has 0 saturated heterocycles. The Labute approximate surface area is 158 Å². The van der Waals surface area contributed by atoms with E-state index in [4.69, 9.17) is 14.2 Å². The highest BCUT2D eigenvalue weighted by Crippen LogP contribution is 2.29. The van der Waals surface area contributed by atoms with Gasteiger partial charge in [0, 0.05) is 20.0 Å². The molecule has 7 heteroatoms. The van der Waals surface area contributed by atoms with Gasteiger partial charge in [0.1, 0.15) is 22.8 Å². The highest BCUT2D eigenvalue weighted by atomic mass is 16.5. The molecule has 2 aromatic rings. The minimum atomic E-state index is -0.340. The van der Waals surface area contributed by atoms with Crippen LogP contribution in [-0.4, -0.2) is 46.2 Å². The number of nitrogens with zero attached hydrogens (tertiary/aromatic N) is 1. The summed E-state index contributed by atoms with van der Waals surface area (Å²) in [6.45, 7) is 2.01. The molecule has 0 unspecified atom stereocenters. The van der Waals surface area contributed by atoms with Gasteiger partial charge in [0.15, 0.2) is 0 Å². The first kappa shape index (κ1) is 20.1. The van der Waals surface area contributed by atoms with E-state index >= 15 is 0 Å². The van der Waals surface area contributed by atoms with Gasteiger partial charge in [0.05, 0.1) is 27.0 Å². The summed E-state index contributed by atoms with van der Waals surface area (Å²) in [4.78, 5) is 26.2. The van der Waals surface area contributed by atoms with Crippen LogP contribution in [0.15, 0.2) is 42.5 Å². The first-order valence-electron chi connectivity index (χ1n) is 8.43. The molecule has 2 rings (SSSR count). The van der Waals surface area contributed by atoms with Crippen LogP contribution < -0.4 is 24.4 Å². The molecule has 2 aromatic carbocycles. The van der Waals surface area contributed by atoms with Crippen LogP contribution in [0.5, 0.6) is 17.2 Å². The van der Waals surface area contributed by atoms with Crippen molar-refractivity contribution in [1.82, 2.24) is 5.32 Å². The molecule has 0 atom stereocenters. The monoisotopic (exact) mass is 372 g/mol. The standard InChI is InChI=1S/C20H24N2O5/c1-14(23)22(15-8-5-6-9-16(15)25-2)13-12-21-20(24)19-17(26-3)10-7-11-18(19)27-4/h5-11H,12-13H2,1-4H3,(H,21,24). The van der Waals surface area contributed by atoms with Crippen molar-refractivity contribution in [1.29, 1.82) is 0 Å². The van der Waals surface area contributed by atoms with Crippen LogP contribution in [0.1, 0.15) is 17.3 Å². The maximum absolute atomic E-state index is 12.6. The quantitative estimate of drug-likeness (QED) is 0.770. The molecule has 0 aromatic heterocycles. The molecule has 0 radical (unpaired) electrons. The third kappa shape index (κ3) is 4.69. The molecule has 0 spiro atoms. The zero-order valence-electron chi connectivity index (χ0n) is 15.9. The van der Waals surface area contributed by atoms with Gasteiger partial charge in [-0.15, -0.1) is 0 Å². The van der Waals surface area contributed by atoms with Gasteiger partial charge < -0.3 is 24.4 Å². The molecule has 0 heterocycles. The highest BCUT2D eigenvalue weighted by Gasteiger charge is 2.19. The number of para-hydroxylation sites is 2. The van der Waals surface area contributed by atoms with Crippen LogP contribution in [0, 0.1) is 0 Å². The summed E-state index contributed by atoms with van der Waals surface area (Å²) in [7, 11) is 4.53. The van der Waals surface area contributed by atoms with Crippen LogP contribution in [0.3, 0.4) is 0 Å². The van der Waals surface area contributed by atoms with Crippen LogP contribution in [0.4, 0.5) is 5.69 Å². The lowest BCUT2D eigenvalue weighted by molar-refractivity contribution is -0.116. The summed E-state index contributed by atoms with van der Waals surface area (Å²) in [6, 6.07) is 12.4. The molecular weight excluding hydrogens is 348 g/mol. The van der Waals surface area contributed by atoms with Crippen molar-refractivity contribution in [3.8, 4) is 17.2 Å². The van der Waals surface area contributed by atoms with Crippen LogP contribution in [0.2, 0.25) is 0 Å². The Morgan fingerprint density at radius 2 is 1.44 bits per heavy atom. The van der Waals surface area contributed by atoms with Crippen molar-refractivity contribution in [2.75, 3.05) is 39.3 Å². The number of benzene rings is 2. The van der Waals surface area contributed by atoms with Gasteiger partial charge in [-0.2, -0.15) is 0 Å². The topological polar surface area (TPSA) is 77.1 Å². The van der Waals surface area contributed by atoms with Crippen molar-refractivity contribution in [3.05, 3.63) is 48.0 Å². The fourth-order valence-corrected chi connectivity index (χ4v) is 2.74. The number of nitrogens with one attached hydrogen (secondary N) is 1. The second-order valence-electron chi connectivity index (χ2n) is 5.64. The molecule has 144 valence electrons. The average molecular weight is 372 g/mol. The van der Waals surface area contributed by atoms with Gasteiger partial charge in [-0.3, -0.25) is 9.59 Å². The SMILES string of the molecule is COc1ccccc1N(CCNC(=O)c1c(OC)cccc1OC)C(C)=O. The maximum atomic E-state index is 12.6. The Bertz CT molecular complexity index is 784. The molecule has 0 bridgehead atoms. The second-order valence-corrected chi connectivity index (χ2v) is 5.64. The van der Waals surface area contributed by atoms with E-state index in [9.17, 15) is 9.59 Å². The van der Waals surface area contributed by atoms with Crippen LogP contribution in [-0.2, 0) is 4.79 Å². The molecular formula is C20H24N2O5. The van der Waals surface area contributed by atoms with Gasteiger partial charge in [-0.05, 0) is 24.3 Å². The second kappa shape index (κ2) is 9.47. The number of amides is 2. The molecule has 7 nitrogen and oxygen atoms in total. The number of rotatable bonds is 8. The number of carbonyl (C=O) groups is 2. The van der Waals surface area contributed by atoms with Gasteiger partial charge in [-0.1, -0.05) is 18.2 Å². The third-order valence-corrected chi connectivity index (χ3v) is 4.03. The first-order valence-corrected chi connectivity index (χ1v) is 8.43. The molecule has 0 fully saturated rings. The van der Waals surface area contributed by atoms with Crippen molar-refractivity contribution in [2.24, 2.45) is 0 Å². The lowest BCUT2D eigenvalue weighted by atomic mass is 10.1. The summed E-state index contributed by atoms with van der Waals surface area (Å²) >= 11 is 0. The van der Waals surface area contributed by atoms with Crippen LogP contribution in [0.25, 0.3) is 0 Å². The van der Waals surface area contributed by atoms with E-state index in [1.807, 2.05) is 12.1 Å². The van der Waals surface area contributed by atoms with Crippen LogP contribution >= 0.6 is 0 Å². The van der Waals surface area contributed by atoms with E-state index in [2.05, 4.69) is 5.32 Å². The Morgan fingerprint density at radius 1 is 0.889 bits per heavy atom. The minimum Gasteiger partial charge on any atom is -0.496 e. The van der Waals surface area contributed by atoms with E-state index in [-0.39, 0.29) is 18.4 Å². The molecule has 0 saturated carbocycles. The normalized spacial score (nSPS) is 10.1. The number of anilines is 1. The predicted molar refractivity (Wildman–Crippen MR) is 103 cm³/mol. The van der Waals surface area contributed by atoms with E-state index in [1.165, 1.54) is 21.1 Å². The number of hydrogen-bond donors (Lipinski definition) is 1. The summed E-state index contributed by atoms with van der Waals surface area (Å²) in [5.74, 6) is 0.932. The zero-order chi connectivity index (χ0) is 19.8. The summed E-state index contributed by atoms with van der Waals surface area (Å²) < 4.78 is 15.8. The molecule has 0 aliphatic carbocycles.